The summed E-state index contributed by atoms with van der Waals surface area (Å²) in [6.07, 6.45) is 1.40. The zero-order chi connectivity index (χ0) is 11.9. The molecule has 3 nitrogen and oxygen atoms in total. The lowest BCUT2D eigenvalue weighted by Gasteiger charge is -2.04. The summed E-state index contributed by atoms with van der Waals surface area (Å²) in [5, 5.41) is 3.72. The molecule has 1 aromatic heterocycles. The highest BCUT2D eigenvalue weighted by Gasteiger charge is 2.14. The van der Waals surface area contributed by atoms with Gasteiger partial charge in [-0.15, -0.1) is 0 Å². The summed E-state index contributed by atoms with van der Waals surface area (Å²) in [5.41, 5.74) is 6.22. The molecule has 2 aromatic rings. The normalized spacial score (nSPS) is 10.8. The van der Waals surface area contributed by atoms with E-state index in [1.165, 1.54) is 16.9 Å². The lowest BCUT2D eigenvalue weighted by molar-refractivity contribution is 0.586. The first kappa shape index (κ1) is 10.9. The van der Waals surface area contributed by atoms with Crippen LogP contribution in [0.4, 0.5) is 14.6 Å². The Morgan fingerprint density at radius 1 is 1.25 bits per heavy atom. The van der Waals surface area contributed by atoms with Crippen LogP contribution in [0.5, 0.6) is 0 Å². The molecule has 0 radical (unpaired) electrons. The fourth-order valence-corrected chi connectivity index (χ4v) is 1.55. The van der Waals surface area contributed by atoms with Crippen LogP contribution in [0.1, 0.15) is 0 Å². The highest BCUT2D eigenvalue weighted by Crippen LogP contribution is 2.31. The number of halogens is 3. The predicted molar refractivity (Wildman–Crippen MR) is 58.0 cm³/mol. The third-order valence-corrected chi connectivity index (χ3v) is 2.57. The van der Waals surface area contributed by atoms with Gasteiger partial charge in [0.2, 0.25) is 0 Å². The summed E-state index contributed by atoms with van der Waals surface area (Å²) >= 11 is 5.59. The van der Waals surface area contributed by atoms with Gasteiger partial charge in [0, 0.05) is 24.2 Å². The molecule has 0 atom stereocenters. The molecule has 0 amide bonds. The number of nitrogens with zero attached hydrogens (tertiary/aromatic N) is 2. The van der Waals surface area contributed by atoms with Crippen molar-refractivity contribution in [1.82, 2.24) is 9.78 Å². The standard InChI is InChI=1S/C10H8ClF2N3/c1-16-10(14)6(4-15-16)5-2-7(11)9(13)3-8(5)12/h2-4H,14H2,1H3. The lowest BCUT2D eigenvalue weighted by atomic mass is 10.1. The summed E-state index contributed by atoms with van der Waals surface area (Å²) in [4.78, 5) is 0. The van der Waals surface area contributed by atoms with E-state index in [1.807, 2.05) is 0 Å². The Labute approximate surface area is 95.4 Å². The molecule has 1 heterocycles. The van der Waals surface area contributed by atoms with Gasteiger partial charge in [-0.2, -0.15) is 5.10 Å². The molecule has 0 aliphatic rings. The maximum Gasteiger partial charge on any atom is 0.144 e. The van der Waals surface area contributed by atoms with Gasteiger partial charge in [-0.1, -0.05) is 11.6 Å². The van der Waals surface area contributed by atoms with E-state index in [2.05, 4.69) is 5.10 Å². The maximum atomic E-state index is 13.5. The molecule has 0 aliphatic heterocycles. The van der Waals surface area contributed by atoms with E-state index in [0.717, 1.165) is 6.07 Å². The van der Waals surface area contributed by atoms with E-state index in [-0.39, 0.29) is 10.6 Å². The van der Waals surface area contributed by atoms with Crippen LogP contribution in [0.15, 0.2) is 18.3 Å². The number of nitrogens with two attached hydrogens (primary N) is 1. The molecule has 0 aliphatic carbocycles. The number of aryl methyl sites for hydroxylation is 1. The van der Waals surface area contributed by atoms with Crippen LogP contribution in [-0.2, 0) is 7.05 Å². The Morgan fingerprint density at radius 3 is 2.50 bits per heavy atom. The Bertz CT molecular complexity index is 551. The molecule has 84 valence electrons. The van der Waals surface area contributed by atoms with Crippen molar-refractivity contribution < 1.29 is 8.78 Å². The van der Waals surface area contributed by atoms with Gasteiger partial charge in [-0.3, -0.25) is 4.68 Å². The lowest BCUT2D eigenvalue weighted by Crippen LogP contribution is -1.98. The minimum Gasteiger partial charge on any atom is -0.383 e. The average Bonchev–Trinajstić information content (AvgIpc) is 2.54. The van der Waals surface area contributed by atoms with Crippen LogP contribution in [0, 0.1) is 11.6 Å². The van der Waals surface area contributed by atoms with E-state index >= 15 is 0 Å². The molecule has 0 unspecified atom stereocenters. The number of aromatic nitrogens is 2. The summed E-state index contributed by atoms with van der Waals surface area (Å²) < 4.78 is 27.9. The Morgan fingerprint density at radius 2 is 1.94 bits per heavy atom. The maximum absolute atomic E-state index is 13.5. The summed E-state index contributed by atoms with van der Waals surface area (Å²) in [6, 6.07) is 1.92. The fraction of sp³-hybridized carbons (Fsp3) is 0.100. The summed E-state index contributed by atoms with van der Waals surface area (Å²) in [7, 11) is 1.63. The number of benzene rings is 1. The predicted octanol–water partition coefficient (Wildman–Crippen LogP) is 2.60. The molecule has 16 heavy (non-hydrogen) atoms. The third-order valence-electron chi connectivity index (χ3n) is 2.28. The Kier molecular flexibility index (Phi) is 2.55. The van der Waals surface area contributed by atoms with Crippen molar-refractivity contribution in [2.45, 2.75) is 0 Å². The number of anilines is 1. The molecule has 0 fully saturated rings. The zero-order valence-electron chi connectivity index (χ0n) is 8.34. The van der Waals surface area contributed by atoms with Gasteiger partial charge < -0.3 is 5.73 Å². The SMILES string of the molecule is Cn1ncc(-c2cc(Cl)c(F)cc2F)c1N. The minimum absolute atomic E-state index is 0.136. The topological polar surface area (TPSA) is 43.8 Å². The molecular weight excluding hydrogens is 236 g/mol. The van der Waals surface area contributed by atoms with E-state index in [0.29, 0.717) is 11.4 Å². The van der Waals surface area contributed by atoms with E-state index in [1.54, 1.807) is 7.05 Å². The molecule has 0 saturated carbocycles. The number of hydrogen-bond donors (Lipinski definition) is 1. The van der Waals surface area contributed by atoms with E-state index in [9.17, 15) is 8.78 Å². The van der Waals surface area contributed by atoms with Gasteiger partial charge in [0.1, 0.15) is 17.5 Å². The van der Waals surface area contributed by atoms with Crippen LogP contribution < -0.4 is 5.73 Å². The molecule has 2 rings (SSSR count). The highest BCUT2D eigenvalue weighted by molar-refractivity contribution is 6.31. The number of nitrogen functional groups attached to an aromatic ring is 1. The molecule has 1 aromatic carbocycles. The first-order valence-electron chi connectivity index (χ1n) is 4.43. The van der Waals surface area contributed by atoms with Crippen molar-refractivity contribution in [3.63, 3.8) is 0 Å². The Hall–Kier alpha value is -1.62. The number of hydrogen-bond acceptors (Lipinski definition) is 2. The second kappa shape index (κ2) is 3.75. The molecule has 0 saturated heterocycles. The first-order chi connectivity index (χ1) is 7.50. The largest absolute Gasteiger partial charge is 0.383 e. The molecule has 0 spiro atoms. The van der Waals surface area contributed by atoms with E-state index in [4.69, 9.17) is 17.3 Å². The molecule has 6 heteroatoms. The van der Waals surface area contributed by atoms with Crippen molar-refractivity contribution in [1.29, 1.82) is 0 Å². The summed E-state index contributed by atoms with van der Waals surface area (Å²) in [6.45, 7) is 0. The first-order valence-corrected chi connectivity index (χ1v) is 4.81. The van der Waals surface area contributed by atoms with Crippen LogP contribution in [-0.4, -0.2) is 9.78 Å². The molecule has 0 bridgehead atoms. The van der Waals surface area contributed by atoms with Gasteiger partial charge in [0.05, 0.1) is 11.2 Å². The molecular formula is C10H8ClF2N3. The van der Waals surface area contributed by atoms with Crippen LogP contribution in [0.25, 0.3) is 11.1 Å². The average molecular weight is 244 g/mol. The van der Waals surface area contributed by atoms with Crippen LogP contribution in [0.2, 0.25) is 5.02 Å². The monoisotopic (exact) mass is 243 g/mol. The second-order valence-corrected chi connectivity index (χ2v) is 3.72. The van der Waals surface area contributed by atoms with Crippen molar-refractivity contribution >= 4 is 17.4 Å². The van der Waals surface area contributed by atoms with Crippen molar-refractivity contribution in [3.05, 3.63) is 35.0 Å². The van der Waals surface area contributed by atoms with Crippen molar-refractivity contribution in [3.8, 4) is 11.1 Å². The van der Waals surface area contributed by atoms with E-state index < -0.39 is 11.6 Å². The second-order valence-electron chi connectivity index (χ2n) is 3.31. The zero-order valence-corrected chi connectivity index (χ0v) is 9.09. The van der Waals surface area contributed by atoms with Gasteiger partial charge in [0.25, 0.3) is 0 Å². The number of rotatable bonds is 1. The Balaban J connectivity index is 2.65. The van der Waals surface area contributed by atoms with Gasteiger partial charge in [0.15, 0.2) is 0 Å². The van der Waals surface area contributed by atoms with Gasteiger partial charge in [-0.25, -0.2) is 8.78 Å². The smallest absolute Gasteiger partial charge is 0.144 e. The van der Waals surface area contributed by atoms with Crippen molar-refractivity contribution in [2.75, 3.05) is 5.73 Å². The van der Waals surface area contributed by atoms with Crippen molar-refractivity contribution in [2.24, 2.45) is 7.05 Å². The van der Waals surface area contributed by atoms with Crippen LogP contribution >= 0.6 is 11.6 Å². The molecule has 2 N–H and O–H groups in total. The fourth-order valence-electron chi connectivity index (χ4n) is 1.38. The quantitative estimate of drug-likeness (QED) is 0.783. The van der Waals surface area contributed by atoms with Gasteiger partial charge >= 0.3 is 0 Å². The van der Waals surface area contributed by atoms with Gasteiger partial charge in [-0.05, 0) is 6.07 Å². The minimum atomic E-state index is -0.801. The highest BCUT2D eigenvalue weighted by atomic mass is 35.5. The van der Waals surface area contributed by atoms with Crippen LogP contribution in [0.3, 0.4) is 0 Å². The summed E-state index contributed by atoms with van der Waals surface area (Å²) in [5.74, 6) is -1.23. The third kappa shape index (κ3) is 1.63.